The van der Waals surface area contributed by atoms with Gasteiger partial charge in [-0.2, -0.15) is 0 Å². The van der Waals surface area contributed by atoms with E-state index >= 15 is 0 Å². The number of nitrogens with zero attached hydrogens (tertiary/aromatic N) is 3. The van der Waals surface area contributed by atoms with Crippen molar-refractivity contribution in [3.63, 3.8) is 0 Å². The van der Waals surface area contributed by atoms with Gasteiger partial charge in [-0.15, -0.1) is 5.10 Å². The number of hydrogen-bond acceptors (Lipinski definition) is 5. The zero-order valence-corrected chi connectivity index (χ0v) is 9.72. The van der Waals surface area contributed by atoms with Gasteiger partial charge in [-0.25, -0.2) is 0 Å². The van der Waals surface area contributed by atoms with E-state index in [1.165, 1.54) is 7.11 Å². The molecule has 0 spiro atoms. The van der Waals surface area contributed by atoms with Crippen molar-refractivity contribution >= 4 is 5.97 Å². The summed E-state index contributed by atoms with van der Waals surface area (Å²) < 4.78 is 6.41. The van der Waals surface area contributed by atoms with Crippen LogP contribution in [0.4, 0.5) is 0 Å². The average molecular weight is 226 g/mol. The Kier molecular flexibility index (Phi) is 5.49. The van der Waals surface area contributed by atoms with Crippen molar-refractivity contribution in [3.8, 4) is 0 Å². The third kappa shape index (κ3) is 4.39. The number of nitrogens with one attached hydrogen (secondary N) is 1. The zero-order valence-electron chi connectivity index (χ0n) is 9.72. The third-order valence-corrected chi connectivity index (χ3v) is 2.27. The summed E-state index contributed by atoms with van der Waals surface area (Å²) in [4.78, 5) is 11.1. The van der Waals surface area contributed by atoms with Gasteiger partial charge < -0.3 is 10.1 Å². The Morgan fingerprint density at radius 1 is 1.62 bits per heavy atom. The maximum atomic E-state index is 11.1. The molecular weight excluding hydrogens is 208 g/mol. The molecule has 1 aromatic heterocycles. The smallest absolute Gasteiger partial charge is 0.309 e. The second-order valence-corrected chi connectivity index (χ2v) is 3.65. The van der Waals surface area contributed by atoms with Gasteiger partial charge in [-0.3, -0.25) is 9.48 Å². The van der Waals surface area contributed by atoms with Gasteiger partial charge in [0.25, 0.3) is 0 Å². The summed E-state index contributed by atoms with van der Waals surface area (Å²) in [6, 6.07) is 0. The molecule has 0 aliphatic rings. The molecule has 1 N–H and O–H groups in total. The highest BCUT2D eigenvalue weighted by molar-refractivity contribution is 5.71. The summed E-state index contributed by atoms with van der Waals surface area (Å²) in [5.41, 5.74) is 0. The van der Waals surface area contributed by atoms with Gasteiger partial charge in [0.1, 0.15) is 0 Å². The first kappa shape index (κ1) is 12.6. The Hall–Kier alpha value is -1.43. The molecule has 0 aliphatic carbocycles. The molecule has 0 aromatic carbocycles. The monoisotopic (exact) mass is 226 g/mol. The summed E-state index contributed by atoms with van der Waals surface area (Å²) in [6.45, 7) is 4.17. The van der Waals surface area contributed by atoms with E-state index in [4.69, 9.17) is 0 Å². The van der Waals surface area contributed by atoms with Gasteiger partial charge in [-0.1, -0.05) is 12.1 Å². The summed E-state index contributed by atoms with van der Waals surface area (Å²) in [7, 11) is 1.41. The molecule has 0 amide bonds. The summed E-state index contributed by atoms with van der Waals surface area (Å²) in [5.74, 6) is -0.278. The van der Waals surface area contributed by atoms with Gasteiger partial charge in [0, 0.05) is 19.3 Å². The molecule has 1 aromatic rings. The van der Waals surface area contributed by atoms with Crippen molar-refractivity contribution in [2.75, 3.05) is 20.2 Å². The Morgan fingerprint density at radius 3 is 3.06 bits per heavy atom. The summed E-state index contributed by atoms with van der Waals surface area (Å²) in [6.07, 6.45) is 4.45. The molecule has 0 fully saturated rings. The number of aromatic nitrogens is 3. The van der Waals surface area contributed by atoms with Crippen LogP contribution in [0.15, 0.2) is 12.4 Å². The zero-order chi connectivity index (χ0) is 11.8. The molecule has 1 unspecified atom stereocenters. The largest absolute Gasteiger partial charge is 0.469 e. The molecule has 0 radical (unpaired) electrons. The van der Waals surface area contributed by atoms with Crippen LogP contribution in [-0.4, -0.2) is 41.2 Å². The number of esters is 1. The van der Waals surface area contributed by atoms with E-state index in [1.807, 2.05) is 13.1 Å². The van der Waals surface area contributed by atoms with Crippen molar-refractivity contribution in [2.45, 2.75) is 19.9 Å². The van der Waals surface area contributed by atoms with Crippen molar-refractivity contribution in [2.24, 2.45) is 5.92 Å². The fourth-order valence-corrected chi connectivity index (χ4v) is 1.32. The van der Waals surface area contributed by atoms with Gasteiger partial charge in [-0.05, 0) is 13.0 Å². The lowest BCUT2D eigenvalue weighted by Gasteiger charge is -2.10. The van der Waals surface area contributed by atoms with Gasteiger partial charge in [0.2, 0.25) is 0 Å². The van der Waals surface area contributed by atoms with Gasteiger partial charge in [0.05, 0.1) is 19.2 Å². The minimum Gasteiger partial charge on any atom is -0.469 e. The highest BCUT2D eigenvalue weighted by Gasteiger charge is 2.11. The van der Waals surface area contributed by atoms with Crippen molar-refractivity contribution in [1.29, 1.82) is 0 Å². The quantitative estimate of drug-likeness (QED) is 0.526. The molecule has 90 valence electrons. The maximum absolute atomic E-state index is 11.1. The Balaban J connectivity index is 2.02. The number of methoxy groups -OCH3 is 1. The standard InChI is InChI=1S/C10H18N4O2/c1-9(10(15)16-2)8-11-4-3-6-14-7-5-12-13-14/h5,7,9,11H,3-4,6,8H2,1-2H3. The van der Waals surface area contributed by atoms with E-state index in [2.05, 4.69) is 20.4 Å². The molecule has 1 atom stereocenters. The van der Waals surface area contributed by atoms with E-state index < -0.39 is 0 Å². The summed E-state index contributed by atoms with van der Waals surface area (Å²) in [5, 5.41) is 10.8. The van der Waals surface area contributed by atoms with Crippen molar-refractivity contribution < 1.29 is 9.53 Å². The number of aryl methyl sites for hydroxylation is 1. The van der Waals surface area contributed by atoms with Crippen LogP contribution in [0.5, 0.6) is 0 Å². The molecule has 1 heterocycles. The van der Waals surface area contributed by atoms with Gasteiger partial charge in [0.15, 0.2) is 0 Å². The maximum Gasteiger partial charge on any atom is 0.309 e. The molecular formula is C10H18N4O2. The lowest BCUT2D eigenvalue weighted by Crippen LogP contribution is -2.28. The van der Waals surface area contributed by atoms with E-state index in [-0.39, 0.29) is 11.9 Å². The molecule has 1 rings (SSSR count). The molecule has 0 saturated carbocycles. The Bertz CT molecular complexity index is 300. The first-order chi connectivity index (χ1) is 7.74. The first-order valence-electron chi connectivity index (χ1n) is 5.36. The third-order valence-electron chi connectivity index (χ3n) is 2.27. The number of rotatable bonds is 7. The van der Waals surface area contributed by atoms with Crippen molar-refractivity contribution in [3.05, 3.63) is 12.4 Å². The fourth-order valence-electron chi connectivity index (χ4n) is 1.32. The van der Waals surface area contributed by atoms with Crippen molar-refractivity contribution in [1.82, 2.24) is 20.3 Å². The highest BCUT2D eigenvalue weighted by Crippen LogP contribution is 1.95. The first-order valence-corrected chi connectivity index (χ1v) is 5.36. The minimum absolute atomic E-state index is 0.101. The van der Waals surface area contributed by atoms with Crippen LogP contribution >= 0.6 is 0 Å². The molecule has 0 aliphatic heterocycles. The van der Waals surface area contributed by atoms with E-state index in [1.54, 1.807) is 10.9 Å². The lowest BCUT2D eigenvalue weighted by molar-refractivity contribution is -0.144. The van der Waals surface area contributed by atoms with Crippen LogP contribution in [-0.2, 0) is 16.1 Å². The van der Waals surface area contributed by atoms with Gasteiger partial charge >= 0.3 is 5.97 Å². The molecule has 6 heteroatoms. The second kappa shape index (κ2) is 6.95. The predicted octanol–water partition coefficient (Wildman–Crippen LogP) is 0.0669. The van der Waals surface area contributed by atoms with E-state index in [9.17, 15) is 4.79 Å². The Morgan fingerprint density at radius 2 is 2.44 bits per heavy atom. The fraction of sp³-hybridized carbons (Fsp3) is 0.700. The normalized spacial score (nSPS) is 12.4. The van der Waals surface area contributed by atoms with Crippen LogP contribution in [0.1, 0.15) is 13.3 Å². The van der Waals surface area contributed by atoms with E-state index in [0.29, 0.717) is 6.54 Å². The lowest BCUT2D eigenvalue weighted by atomic mass is 10.2. The highest BCUT2D eigenvalue weighted by atomic mass is 16.5. The summed E-state index contributed by atoms with van der Waals surface area (Å²) >= 11 is 0. The number of carbonyl (C=O) groups is 1. The minimum atomic E-state index is -0.177. The second-order valence-electron chi connectivity index (χ2n) is 3.65. The SMILES string of the molecule is COC(=O)C(C)CNCCCn1ccnn1. The Labute approximate surface area is 95.0 Å². The molecule has 0 bridgehead atoms. The van der Waals surface area contributed by atoms with Crippen LogP contribution in [0.2, 0.25) is 0 Å². The average Bonchev–Trinajstić information content (AvgIpc) is 2.80. The van der Waals surface area contributed by atoms with Crippen LogP contribution in [0.25, 0.3) is 0 Å². The van der Waals surface area contributed by atoms with Crippen LogP contribution in [0.3, 0.4) is 0 Å². The van der Waals surface area contributed by atoms with Crippen LogP contribution < -0.4 is 5.32 Å². The number of ether oxygens (including phenoxy) is 1. The predicted molar refractivity (Wildman–Crippen MR) is 58.7 cm³/mol. The molecule has 16 heavy (non-hydrogen) atoms. The molecule has 6 nitrogen and oxygen atoms in total. The molecule has 0 saturated heterocycles. The van der Waals surface area contributed by atoms with E-state index in [0.717, 1.165) is 19.5 Å². The topological polar surface area (TPSA) is 69.0 Å². The number of carbonyl (C=O) groups excluding carboxylic acids is 1. The number of hydrogen-bond donors (Lipinski definition) is 1. The van der Waals surface area contributed by atoms with Crippen LogP contribution in [0, 0.1) is 5.92 Å².